The molecule has 100 valence electrons. The quantitative estimate of drug-likeness (QED) is 0.792. The second kappa shape index (κ2) is 6.75. The van der Waals surface area contributed by atoms with Crippen LogP contribution in [0.4, 0.5) is 0 Å². The van der Waals surface area contributed by atoms with E-state index >= 15 is 0 Å². The Morgan fingerprint density at radius 2 is 1.82 bits per heavy atom. The molecule has 2 nitrogen and oxygen atoms in total. The highest BCUT2D eigenvalue weighted by Crippen LogP contribution is 2.26. The van der Waals surface area contributed by atoms with Crippen molar-refractivity contribution in [3.05, 3.63) is 0 Å². The minimum absolute atomic E-state index is 0.742. The van der Waals surface area contributed by atoms with Gasteiger partial charge in [0, 0.05) is 18.6 Å². The Labute approximate surface area is 107 Å². The summed E-state index contributed by atoms with van der Waals surface area (Å²) in [5.41, 5.74) is 0. The van der Waals surface area contributed by atoms with Crippen LogP contribution in [0, 0.1) is 5.92 Å². The zero-order valence-electron chi connectivity index (χ0n) is 11.8. The third-order valence-electron chi connectivity index (χ3n) is 4.81. The van der Waals surface area contributed by atoms with Crippen LogP contribution in [-0.2, 0) is 0 Å². The molecule has 1 heterocycles. The molecule has 2 heteroatoms. The number of hydrogen-bond acceptors (Lipinski definition) is 2. The Hall–Kier alpha value is -0.0800. The fourth-order valence-electron chi connectivity index (χ4n) is 3.50. The van der Waals surface area contributed by atoms with Gasteiger partial charge in [0.25, 0.3) is 0 Å². The molecule has 0 radical (unpaired) electrons. The summed E-state index contributed by atoms with van der Waals surface area (Å²) in [6.07, 6.45) is 11.4. The number of nitrogens with one attached hydrogen (secondary N) is 1. The molecule has 1 N–H and O–H groups in total. The second-order valence-electron chi connectivity index (χ2n) is 6.32. The van der Waals surface area contributed by atoms with E-state index in [1.54, 1.807) is 0 Å². The van der Waals surface area contributed by atoms with Crippen molar-refractivity contribution in [2.75, 3.05) is 20.1 Å². The van der Waals surface area contributed by atoms with Gasteiger partial charge in [-0.3, -0.25) is 0 Å². The van der Waals surface area contributed by atoms with Crippen LogP contribution in [-0.4, -0.2) is 37.1 Å². The lowest BCUT2D eigenvalue weighted by Crippen LogP contribution is -2.41. The molecular weight excluding hydrogens is 208 g/mol. The Morgan fingerprint density at radius 1 is 1.12 bits per heavy atom. The van der Waals surface area contributed by atoms with Crippen LogP contribution in [0.2, 0.25) is 0 Å². The van der Waals surface area contributed by atoms with E-state index < -0.39 is 0 Å². The predicted molar refractivity (Wildman–Crippen MR) is 74.3 cm³/mol. The first-order chi connectivity index (χ1) is 8.25. The minimum Gasteiger partial charge on any atom is -0.314 e. The van der Waals surface area contributed by atoms with Crippen molar-refractivity contribution in [3.8, 4) is 0 Å². The summed E-state index contributed by atoms with van der Waals surface area (Å²) in [7, 11) is 2.33. The lowest BCUT2D eigenvalue weighted by atomic mass is 9.97. The van der Waals surface area contributed by atoms with Gasteiger partial charge in [0.1, 0.15) is 0 Å². The lowest BCUT2D eigenvalue weighted by Gasteiger charge is -2.32. The van der Waals surface area contributed by atoms with Gasteiger partial charge in [-0.1, -0.05) is 19.3 Å². The third kappa shape index (κ3) is 4.26. The Bertz CT molecular complexity index is 205. The van der Waals surface area contributed by atoms with Gasteiger partial charge >= 0.3 is 0 Å². The molecule has 1 aliphatic heterocycles. The average Bonchev–Trinajstić information content (AvgIpc) is 2.83. The molecule has 1 saturated carbocycles. The topological polar surface area (TPSA) is 15.3 Å². The Kier molecular flexibility index (Phi) is 5.30. The maximum Gasteiger partial charge on any atom is 0.00818 e. The number of hydrogen-bond donors (Lipinski definition) is 1. The smallest absolute Gasteiger partial charge is 0.00818 e. The zero-order valence-corrected chi connectivity index (χ0v) is 11.8. The molecule has 0 bridgehead atoms. The zero-order chi connectivity index (χ0) is 12.1. The van der Waals surface area contributed by atoms with Crippen LogP contribution in [0.15, 0.2) is 0 Å². The Morgan fingerprint density at radius 3 is 2.47 bits per heavy atom. The monoisotopic (exact) mass is 238 g/mol. The molecular formula is C15H30N2. The lowest BCUT2D eigenvalue weighted by molar-refractivity contribution is 0.189. The van der Waals surface area contributed by atoms with E-state index in [4.69, 9.17) is 0 Å². The highest BCUT2D eigenvalue weighted by atomic mass is 15.1. The maximum absolute atomic E-state index is 3.67. The van der Waals surface area contributed by atoms with E-state index in [2.05, 4.69) is 24.2 Å². The molecule has 1 aliphatic carbocycles. The van der Waals surface area contributed by atoms with Crippen LogP contribution in [0.25, 0.3) is 0 Å². The van der Waals surface area contributed by atoms with Gasteiger partial charge < -0.3 is 10.2 Å². The van der Waals surface area contributed by atoms with E-state index in [0.717, 1.165) is 18.0 Å². The minimum atomic E-state index is 0.742. The van der Waals surface area contributed by atoms with Crippen LogP contribution < -0.4 is 5.32 Å². The van der Waals surface area contributed by atoms with Gasteiger partial charge in [0.15, 0.2) is 0 Å². The third-order valence-corrected chi connectivity index (χ3v) is 4.81. The molecule has 2 atom stereocenters. The highest BCUT2D eigenvalue weighted by molar-refractivity contribution is 4.79. The molecule has 0 aromatic rings. The van der Waals surface area contributed by atoms with Gasteiger partial charge in [-0.2, -0.15) is 0 Å². The number of nitrogens with zero attached hydrogens (tertiary/aromatic N) is 1. The first-order valence-electron chi connectivity index (χ1n) is 7.69. The van der Waals surface area contributed by atoms with Gasteiger partial charge in [-0.25, -0.2) is 0 Å². The van der Waals surface area contributed by atoms with Gasteiger partial charge in [-0.15, -0.1) is 0 Å². The van der Waals surface area contributed by atoms with Crippen molar-refractivity contribution in [1.29, 1.82) is 0 Å². The fourth-order valence-corrected chi connectivity index (χ4v) is 3.50. The summed E-state index contributed by atoms with van der Waals surface area (Å²) < 4.78 is 0. The Balaban J connectivity index is 1.68. The van der Waals surface area contributed by atoms with E-state index in [9.17, 15) is 0 Å². The van der Waals surface area contributed by atoms with Crippen LogP contribution in [0.3, 0.4) is 0 Å². The predicted octanol–water partition coefficient (Wildman–Crippen LogP) is 3.03. The van der Waals surface area contributed by atoms with Gasteiger partial charge in [0.05, 0.1) is 0 Å². The van der Waals surface area contributed by atoms with Crippen LogP contribution in [0.1, 0.15) is 58.3 Å². The van der Waals surface area contributed by atoms with Crippen molar-refractivity contribution < 1.29 is 0 Å². The molecule has 2 aliphatic rings. The summed E-state index contributed by atoms with van der Waals surface area (Å²) in [6, 6.07) is 1.52. The van der Waals surface area contributed by atoms with Crippen molar-refractivity contribution >= 4 is 0 Å². The van der Waals surface area contributed by atoms with Crippen molar-refractivity contribution in [2.24, 2.45) is 5.92 Å². The molecule has 0 aromatic heterocycles. The van der Waals surface area contributed by atoms with E-state index in [0.29, 0.717) is 0 Å². The van der Waals surface area contributed by atoms with Crippen molar-refractivity contribution in [3.63, 3.8) is 0 Å². The number of rotatable bonds is 5. The second-order valence-corrected chi connectivity index (χ2v) is 6.32. The summed E-state index contributed by atoms with van der Waals surface area (Å²) >= 11 is 0. The fraction of sp³-hybridized carbons (Fsp3) is 1.00. The van der Waals surface area contributed by atoms with Crippen LogP contribution in [0.5, 0.6) is 0 Å². The van der Waals surface area contributed by atoms with E-state index in [1.165, 1.54) is 64.5 Å². The van der Waals surface area contributed by atoms with Gasteiger partial charge in [0.2, 0.25) is 0 Å². The van der Waals surface area contributed by atoms with E-state index in [-0.39, 0.29) is 0 Å². The standard InChI is InChI=1S/C15H30N2/c1-13(11-15-9-5-6-10-16-15)17(2)12-14-7-3-4-8-14/h13-16H,3-12H2,1-2H3. The first-order valence-corrected chi connectivity index (χ1v) is 7.69. The molecule has 2 rings (SSSR count). The first kappa shape index (κ1) is 13.4. The van der Waals surface area contributed by atoms with Gasteiger partial charge in [-0.05, 0) is 58.5 Å². The molecule has 2 fully saturated rings. The summed E-state index contributed by atoms with van der Waals surface area (Å²) in [4.78, 5) is 2.60. The molecule has 0 amide bonds. The van der Waals surface area contributed by atoms with Crippen molar-refractivity contribution in [2.45, 2.75) is 70.4 Å². The molecule has 17 heavy (non-hydrogen) atoms. The molecule has 2 unspecified atom stereocenters. The van der Waals surface area contributed by atoms with Crippen molar-refractivity contribution in [1.82, 2.24) is 10.2 Å². The molecule has 1 saturated heterocycles. The highest BCUT2D eigenvalue weighted by Gasteiger charge is 2.22. The number of piperidine rings is 1. The normalized spacial score (nSPS) is 28.8. The SMILES string of the molecule is CC(CC1CCCCN1)N(C)CC1CCCC1. The summed E-state index contributed by atoms with van der Waals surface area (Å²) in [5, 5.41) is 3.67. The summed E-state index contributed by atoms with van der Waals surface area (Å²) in [6.45, 7) is 4.98. The van der Waals surface area contributed by atoms with E-state index in [1.807, 2.05) is 0 Å². The average molecular weight is 238 g/mol. The molecule has 0 spiro atoms. The molecule has 0 aromatic carbocycles. The van der Waals surface area contributed by atoms with Crippen LogP contribution >= 0.6 is 0 Å². The largest absolute Gasteiger partial charge is 0.314 e. The summed E-state index contributed by atoms with van der Waals surface area (Å²) in [5.74, 6) is 0.988. The maximum atomic E-state index is 3.67.